The molecule has 0 N–H and O–H groups in total. The van der Waals surface area contributed by atoms with Crippen molar-refractivity contribution in [3.05, 3.63) is 45.8 Å². The Labute approximate surface area is 107 Å². The van der Waals surface area contributed by atoms with E-state index >= 15 is 0 Å². The number of Topliss-reactive ketones (excluding diaryl/α,β-unsaturated/α-hetero) is 1. The van der Waals surface area contributed by atoms with Crippen molar-refractivity contribution in [2.45, 2.75) is 6.92 Å². The van der Waals surface area contributed by atoms with Crippen LogP contribution < -0.4 is 0 Å². The summed E-state index contributed by atoms with van der Waals surface area (Å²) < 4.78 is 1.13. The average Bonchev–Trinajstić information content (AvgIpc) is 2.87. The van der Waals surface area contributed by atoms with E-state index in [2.05, 4.69) is 10.1 Å². The van der Waals surface area contributed by atoms with E-state index in [0.29, 0.717) is 11.3 Å². The van der Waals surface area contributed by atoms with Crippen molar-refractivity contribution >= 4 is 11.7 Å². The zero-order valence-corrected chi connectivity index (χ0v) is 9.77. The summed E-state index contributed by atoms with van der Waals surface area (Å²) in [6.45, 7) is 1.39. The molecule has 0 atom stereocenters. The van der Waals surface area contributed by atoms with Gasteiger partial charge in [0.05, 0.1) is 5.56 Å². The summed E-state index contributed by atoms with van der Waals surface area (Å²) in [5, 5.41) is 23.2. The maximum Gasteiger partial charge on any atom is 0.491 e. The number of rotatable bonds is 3. The highest BCUT2D eigenvalue weighted by Crippen LogP contribution is 2.16. The predicted octanol–water partition coefficient (Wildman–Crippen LogP) is 1.25. The maximum absolute atomic E-state index is 11.2. The lowest BCUT2D eigenvalue weighted by atomic mass is 10.1. The molecule has 0 aliphatic heterocycles. The minimum absolute atomic E-state index is 0.173. The quantitative estimate of drug-likeness (QED) is 0.464. The van der Waals surface area contributed by atoms with E-state index in [0.717, 1.165) is 11.0 Å². The Kier molecular flexibility index (Phi) is 3.03. The first-order chi connectivity index (χ1) is 9.02. The van der Waals surface area contributed by atoms with Crippen molar-refractivity contribution in [1.29, 1.82) is 5.26 Å². The summed E-state index contributed by atoms with van der Waals surface area (Å²) in [7, 11) is 0. The Morgan fingerprint density at radius 1 is 1.53 bits per heavy atom. The first-order valence-corrected chi connectivity index (χ1v) is 5.14. The third kappa shape index (κ3) is 2.30. The van der Waals surface area contributed by atoms with Crippen LogP contribution in [0.3, 0.4) is 0 Å². The summed E-state index contributed by atoms with van der Waals surface area (Å²) in [5.41, 5.74) is 0.899. The minimum Gasteiger partial charge on any atom is -0.390 e. The topological polar surface area (TPSA) is 115 Å². The second kappa shape index (κ2) is 4.66. The molecule has 0 radical (unpaired) electrons. The van der Waals surface area contributed by atoms with Gasteiger partial charge in [-0.1, -0.05) is 4.98 Å². The molecule has 1 heterocycles. The van der Waals surface area contributed by atoms with Crippen LogP contribution in [-0.2, 0) is 0 Å². The zero-order chi connectivity index (χ0) is 14.0. The number of carbonyl (C=O) groups is 1. The van der Waals surface area contributed by atoms with Crippen LogP contribution in [-0.4, -0.2) is 25.5 Å². The molecule has 2 rings (SSSR count). The Hall–Kier alpha value is -3.08. The van der Waals surface area contributed by atoms with Crippen molar-refractivity contribution in [2.75, 3.05) is 0 Å². The summed E-state index contributed by atoms with van der Waals surface area (Å²) in [6, 6.07) is 6.34. The van der Waals surface area contributed by atoms with Crippen LogP contribution in [0.2, 0.25) is 0 Å². The SMILES string of the molecule is CC(=O)c1ccc(-n2cnc([N+](=O)[O-])n2)c(C#N)c1. The summed E-state index contributed by atoms with van der Waals surface area (Å²) in [5.74, 6) is -0.729. The zero-order valence-electron chi connectivity index (χ0n) is 9.77. The number of nitriles is 1. The molecule has 0 aliphatic rings. The molecule has 0 fully saturated rings. The highest BCUT2D eigenvalue weighted by atomic mass is 16.6. The summed E-state index contributed by atoms with van der Waals surface area (Å²) in [6.07, 6.45) is 1.14. The van der Waals surface area contributed by atoms with Gasteiger partial charge in [0.2, 0.25) is 6.33 Å². The van der Waals surface area contributed by atoms with Crippen molar-refractivity contribution < 1.29 is 9.72 Å². The average molecular weight is 257 g/mol. The van der Waals surface area contributed by atoms with Gasteiger partial charge >= 0.3 is 5.95 Å². The van der Waals surface area contributed by atoms with E-state index in [1.54, 1.807) is 0 Å². The van der Waals surface area contributed by atoms with Gasteiger partial charge in [0.1, 0.15) is 11.8 Å². The lowest BCUT2D eigenvalue weighted by molar-refractivity contribution is -0.394. The second-order valence-corrected chi connectivity index (χ2v) is 3.65. The molecular formula is C11H7N5O3. The number of hydrogen-bond donors (Lipinski definition) is 0. The van der Waals surface area contributed by atoms with E-state index in [9.17, 15) is 14.9 Å². The van der Waals surface area contributed by atoms with Crippen LogP contribution in [0.4, 0.5) is 5.95 Å². The second-order valence-electron chi connectivity index (χ2n) is 3.65. The Morgan fingerprint density at radius 3 is 2.79 bits per heavy atom. The Balaban J connectivity index is 2.53. The first-order valence-electron chi connectivity index (χ1n) is 5.14. The molecule has 0 saturated carbocycles. The highest BCUT2D eigenvalue weighted by molar-refractivity contribution is 5.94. The molecule has 0 saturated heterocycles. The van der Waals surface area contributed by atoms with Crippen molar-refractivity contribution in [2.24, 2.45) is 0 Å². The van der Waals surface area contributed by atoms with E-state index < -0.39 is 10.9 Å². The van der Waals surface area contributed by atoms with Crippen molar-refractivity contribution in [3.8, 4) is 11.8 Å². The number of nitro groups is 1. The van der Waals surface area contributed by atoms with Crippen LogP contribution >= 0.6 is 0 Å². The fraction of sp³-hybridized carbons (Fsp3) is 0.0909. The van der Waals surface area contributed by atoms with Crippen LogP contribution in [0.25, 0.3) is 5.69 Å². The lowest BCUT2D eigenvalue weighted by Crippen LogP contribution is -2.02. The smallest absolute Gasteiger partial charge is 0.390 e. The predicted molar refractivity (Wildman–Crippen MR) is 62.7 cm³/mol. The molecule has 1 aromatic carbocycles. The van der Waals surface area contributed by atoms with Gasteiger partial charge in [-0.05, 0) is 30.0 Å². The maximum atomic E-state index is 11.2. The van der Waals surface area contributed by atoms with E-state index in [-0.39, 0.29) is 11.3 Å². The number of ketones is 1. The molecule has 0 amide bonds. The lowest BCUT2D eigenvalue weighted by Gasteiger charge is -2.02. The molecular weight excluding hydrogens is 250 g/mol. The van der Waals surface area contributed by atoms with Gasteiger partial charge < -0.3 is 10.1 Å². The van der Waals surface area contributed by atoms with E-state index in [1.165, 1.54) is 25.1 Å². The third-order valence-corrected chi connectivity index (χ3v) is 2.41. The van der Waals surface area contributed by atoms with Crippen molar-refractivity contribution in [1.82, 2.24) is 14.8 Å². The van der Waals surface area contributed by atoms with Crippen LogP contribution in [0.1, 0.15) is 22.8 Å². The fourth-order valence-corrected chi connectivity index (χ4v) is 1.50. The van der Waals surface area contributed by atoms with E-state index in [4.69, 9.17) is 5.26 Å². The van der Waals surface area contributed by atoms with Crippen LogP contribution in [0.5, 0.6) is 0 Å². The van der Waals surface area contributed by atoms with Gasteiger partial charge in [0.15, 0.2) is 5.78 Å². The monoisotopic (exact) mass is 257 g/mol. The molecule has 8 nitrogen and oxygen atoms in total. The minimum atomic E-state index is -0.730. The molecule has 0 aliphatic carbocycles. The summed E-state index contributed by atoms with van der Waals surface area (Å²) in [4.78, 5) is 24.5. The van der Waals surface area contributed by atoms with Gasteiger partial charge in [-0.25, -0.2) is 0 Å². The van der Waals surface area contributed by atoms with Gasteiger partial charge in [-0.2, -0.15) is 5.26 Å². The molecule has 19 heavy (non-hydrogen) atoms. The van der Waals surface area contributed by atoms with Crippen molar-refractivity contribution in [3.63, 3.8) is 0 Å². The molecule has 8 heteroatoms. The highest BCUT2D eigenvalue weighted by Gasteiger charge is 2.17. The fourth-order valence-electron chi connectivity index (χ4n) is 1.50. The van der Waals surface area contributed by atoms with Gasteiger partial charge in [-0.3, -0.25) is 4.79 Å². The van der Waals surface area contributed by atoms with Gasteiger partial charge in [-0.15, -0.1) is 4.68 Å². The normalized spacial score (nSPS) is 9.89. The number of benzene rings is 1. The standard InChI is InChI=1S/C11H7N5O3/c1-7(17)8-2-3-10(9(4-8)5-12)15-6-13-11(14-15)16(18)19/h2-4,6H,1H3. The number of carbonyl (C=O) groups excluding carboxylic acids is 1. The molecule has 94 valence electrons. The largest absolute Gasteiger partial charge is 0.491 e. The number of aromatic nitrogens is 3. The third-order valence-electron chi connectivity index (χ3n) is 2.41. The van der Waals surface area contributed by atoms with E-state index in [1.807, 2.05) is 6.07 Å². The molecule has 0 unspecified atom stereocenters. The number of hydrogen-bond acceptors (Lipinski definition) is 6. The summed E-state index contributed by atoms with van der Waals surface area (Å²) >= 11 is 0. The first kappa shape index (κ1) is 12.4. The molecule has 2 aromatic rings. The molecule has 0 spiro atoms. The molecule has 1 aromatic heterocycles. The Bertz CT molecular complexity index is 713. The number of nitrogens with zero attached hydrogens (tertiary/aromatic N) is 5. The van der Waals surface area contributed by atoms with Gasteiger partial charge in [0, 0.05) is 10.7 Å². The van der Waals surface area contributed by atoms with Crippen LogP contribution in [0, 0.1) is 21.4 Å². The molecule has 0 bridgehead atoms. The van der Waals surface area contributed by atoms with Gasteiger partial charge in [0.25, 0.3) is 0 Å². The Morgan fingerprint density at radius 2 is 2.26 bits per heavy atom. The van der Waals surface area contributed by atoms with Crippen LogP contribution in [0.15, 0.2) is 24.5 Å².